The molecule has 0 aromatic rings. The van der Waals surface area contributed by atoms with E-state index in [1.54, 1.807) is 6.08 Å². The molecule has 0 amide bonds. The van der Waals surface area contributed by atoms with E-state index >= 15 is 0 Å². The van der Waals surface area contributed by atoms with Gasteiger partial charge in [0.2, 0.25) is 0 Å². The van der Waals surface area contributed by atoms with E-state index in [1.165, 1.54) is 6.08 Å². The zero-order valence-electron chi connectivity index (χ0n) is 5.14. The standard InChI is InChI=1S/C6H2Br2ClNO/c7-3-2-6(11)4(8)1-5(3)10-9/h1-2H. The Kier molecular flexibility index (Phi) is 3.04. The zero-order chi connectivity index (χ0) is 8.43. The highest BCUT2D eigenvalue weighted by molar-refractivity contribution is 9.12. The molecule has 1 aliphatic carbocycles. The van der Waals surface area contributed by atoms with Crippen LogP contribution in [0.25, 0.3) is 0 Å². The maximum absolute atomic E-state index is 10.9. The van der Waals surface area contributed by atoms with Crippen LogP contribution < -0.4 is 0 Å². The Balaban J connectivity index is 3.08. The molecule has 0 radical (unpaired) electrons. The Labute approximate surface area is 85.4 Å². The van der Waals surface area contributed by atoms with Crippen molar-refractivity contribution in [3.05, 3.63) is 21.1 Å². The summed E-state index contributed by atoms with van der Waals surface area (Å²) < 4.78 is 4.48. The molecular weight excluding hydrogens is 297 g/mol. The molecule has 0 aliphatic heterocycles. The van der Waals surface area contributed by atoms with Crippen LogP contribution in [0.4, 0.5) is 0 Å². The topological polar surface area (TPSA) is 29.4 Å². The number of carbonyl (C=O) groups is 1. The Morgan fingerprint density at radius 1 is 1.27 bits per heavy atom. The van der Waals surface area contributed by atoms with Crippen molar-refractivity contribution < 1.29 is 4.79 Å². The third-order valence-corrected chi connectivity index (χ3v) is 2.53. The molecule has 0 N–H and O–H groups in total. The van der Waals surface area contributed by atoms with Gasteiger partial charge in [0.05, 0.1) is 10.2 Å². The molecule has 0 saturated heterocycles. The van der Waals surface area contributed by atoms with Crippen LogP contribution in [0.3, 0.4) is 0 Å². The number of ketones is 1. The van der Waals surface area contributed by atoms with Gasteiger partial charge in [-0.2, -0.15) is 4.51 Å². The van der Waals surface area contributed by atoms with Gasteiger partial charge in [0.25, 0.3) is 0 Å². The van der Waals surface area contributed by atoms with E-state index in [4.69, 9.17) is 11.8 Å². The first-order valence-electron chi connectivity index (χ1n) is 2.63. The average molecular weight is 299 g/mol. The molecule has 1 rings (SSSR count). The van der Waals surface area contributed by atoms with Gasteiger partial charge in [0, 0.05) is 22.3 Å². The van der Waals surface area contributed by atoms with Gasteiger partial charge in [-0.25, -0.2) is 0 Å². The van der Waals surface area contributed by atoms with E-state index in [2.05, 4.69) is 36.4 Å². The number of hydrogen-bond acceptors (Lipinski definition) is 2. The molecule has 11 heavy (non-hydrogen) atoms. The fraction of sp³-hybridized carbons (Fsp3) is 0. The van der Waals surface area contributed by atoms with E-state index in [0.717, 1.165) is 0 Å². The van der Waals surface area contributed by atoms with Crippen molar-refractivity contribution in [3.63, 3.8) is 0 Å². The summed E-state index contributed by atoms with van der Waals surface area (Å²) in [4.78, 5) is 10.9. The van der Waals surface area contributed by atoms with Gasteiger partial charge in [-0.15, -0.1) is 0 Å². The van der Waals surface area contributed by atoms with Crippen LogP contribution in [0.15, 0.2) is 25.6 Å². The molecule has 2 nitrogen and oxygen atoms in total. The van der Waals surface area contributed by atoms with Crippen molar-refractivity contribution in [1.29, 1.82) is 0 Å². The third kappa shape index (κ3) is 2.01. The predicted octanol–water partition coefficient (Wildman–Crippen LogP) is 2.72. The number of halogens is 3. The van der Waals surface area contributed by atoms with Crippen LogP contribution in [0.2, 0.25) is 0 Å². The summed E-state index contributed by atoms with van der Waals surface area (Å²) in [5, 5.41) is 0. The van der Waals surface area contributed by atoms with Crippen molar-refractivity contribution in [2.45, 2.75) is 0 Å². The summed E-state index contributed by atoms with van der Waals surface area (Å²) in [5.41, 5.74) is 0.540. The maximum atomic E-state index is 10.9. The van der Waals surface area contributed by atoms with Gasteiger partial charge in [-0.1, -0.05) is 0 Å². The molecule has 0 aromatic heterocycles. The van der Waals surface area contributed by atoms with E-state index in [1.807, 2.05) is 0 Å². The first-order valence-corrected chi connectivity index (χ1v) is 4.55. The zero-order valence-corrected chi connectivity index (χ0v) is 9.07. The smallest absolute Gasteiger partial charge is 0.194 e. The molecule has 0 bridgehead atoms. The molecule has 0 heterocycles. The first kappa shape index (κ1) is 9.16. The maximum Gasteiger partial charge on any atom is 0.194 e. The summed E-state index contributed by atoms with van der Waals surface area (Å²) in [5.74, 6) is -0.0964. The second kappa shape index (κ2) is 3.65. The monoisotopic (exact) mass is 297 g/mol. The molecule has 0 atom stereocenters. The van der Waals surface area contributed by atoms with Crippen LogP contribution in [0.1, 0.15) is 0 Å². The third-order valence-electron chi connectivity index (χ3n) is 1.09. The van der Waals surface area contributed by atoms with E-state index < -0.39 is 0 Å². The minimum absolute atomic E-state index is 0.0964. The highest BCUT2D eigenvalue weighted by Crippen LogP contribution is 2.21. The van der Waals surface area contributed by atoms with Gasteiger partial charge in [0.1, 0.15) is 0 Å². The van der Waals surface area contributed by atoms with E-state index in [9.17, 15) is 4.79 Å². The molecule has 1 aliphatic rings. The van der Waals surface area contributed by atoms with Crippen LogP contribution in [-0.4, -0.2) is 11.5 Å². The van der Waals surface area contributed by atoms with Crippen LogP contribution in [0.5, 0.6) is 0 Å². The Hall–Kier alpha value is 0.0700. The van der Waals surface area contributed by atoms with Crippen molar-refractivity contribution in [3.8, 4) is 0 Å². The second-order valence-corrected chi connectivity index (χ2v) is 3.70. The lowest BCUT2D eigenvalue weighted by atomic mass is 10.2. The molecular formula is C6H2Br2ClNO. The summed E-state index contributed by atoms with van der Waals surface area (Å²) in [6.45, 7) is 0. The Morgan fingerprint density at radius 3 is 2.45 bits per heavy atom. The lowest BCUT2D eigenvalue weighted by Gasteiger charge is -2.03. The van der Waals surface area contributed by atoms with E-state index in [0.29, 0.717) is 14.7 Å². The molecule has 0 spiro atoms. The summed E-state index contributed by atoms with van der Waals surface area (Å²) in [6, 6.07) is 0. The average Bonchev–Trinajstić information content (AvgIpc) is 1.97. The highest BCUT2D eigenvalue weighted by atomic mass is 79.9. The largest absolute Gasteiger partial charge is 0.289 e. The summed E-state index contributed by atoms with van der Waals surface area (Å²) >= 11 is 11.4. The predicted molar refractivity (Wildman–Crippen MR) is 52.3 cm³/mol. The Bertz CT molecular complexity index is 293. The quantitative estimate of drug-likeness (QED) is 0.632. The molecule has 0 unspecified atom stereocenters. The highest BCUT2D eigenvalue weighted by Gasteiger charge is 2.14. The summed E-state index contributed by atoms with van der Waals surface area (Å²) in [7, 11) is 0. The Morgan fingerprint density at radius 2 is 1.91 bits per heavy atom. The molecule has 0 saturated carbocycles. The van der Waals surface area contributed by atoms with Crippen molar-refractivity contribution in [1.82, 2.24) is 0 Å². The van der Waals surface area contributed by atoms with Gasteiger partial charge >= 0.3 is 0 Å². The molecule has 0 fully saturated rings. The number of nitrogens with zero attached hydrogens (tertiary/aromatic N) is 1. The lowest BCUT2D eigenvalue weighted by Crippen LogP contribution is -2.06. The fourth-order valence-corrected chi connectivity index (χ4v) is 1.57. The minimum atomic E-state index is -0.0964. The molecule has 5 heteroatoms. The normalized spacial score (nSPS) is 21.7. The fourth-order valence-electron chi connectivity index (χ4n) is 0.583. The minimum Gasteiger partial charge on any atom is -0.289 e. The number of rotatable bonds is 0. The van der Waals surface area contributed by atoms with Gasteiger partial charge in [-0.05, 0) is 37.9 Å². The van der Waals surface area contributed by atoms with Crippen molar-refractivity contribution in [2.24, 2.45) is 4.51 Å². The van der Waals surface area contributed by atoms with Crippen molar-refractivity contribution in [2.75, 3.05) is 0 Å². The van der Waals surface area contributed by atoms with Crippen LogP contribution >= 0.6 is 43.6 Å². The van der Waals surface area contributed by atoms with Crippen molar-refractivity contribution >= 4 is 55.1 Å². The summed E-state index contributed by atoms with van der Waals surface area (Å²) in [6.07, 6.45) is 2.96. The van der Waals surface area contributed by atoms with Crippen LogP contribution in [0, 0.1) is 0 Å². The lowest BCUT2D eigenvalue weighted by molar-refractivity contribution is -0.110. The SMILES string of the molecule is O=C1C=C(Br)C(=NCl)C=C1Br. The van der Waals surface area contributed by atoms with Gasteiger partial charge in [0.15, 0.2) is 5.78 Å². The number of hydrogen-bond donors (Lipinski definition) is 0. The number of allylic oxidation sites excluding steroid dienone is 4. The van der Waals surface area contributed by atoms with Gasteiger partial charge < -0.3 is 0 Å². The second-order valence-electron chi connectivity index (χ2n) is 1.82. The first-order chi connectivity index (χ1) is 5.15. The van der Waals surface area contributed by atoms with E-state index in [-0.39, 0.29) is 5.78 Å². The molecule has 0 aromatic carbocycles. The number of carbonyl (C=O) groups excluding carboxylic acids is 1. The van der Waals surface area contributed by atoms with Gasteiger partial charge in [-0.3, -0.25) is 4.79 Å². The molecule has 58 valence electrons. The van der Waals surface area contributed by atoms with Crippen LogP contribution in [-0.2, 0) is 4.79 Å².